The van der Waals surface area contributed by atoms with E-state index in [1.807, 2.05) is 0 Å². The summed E-state index contributed by atoms with van der Waals surface area (Å²) in [6, 6.07) is 0. The Morgan fingerprint density at radius 3 is 1.07 bits per heavy atom. The van der Waals surface area contributed by atoms with Crippen molar-refractivity contribution in [2.75, 3.05) is 6.61 Å². The van der Waals surface area contributed by atoms with E-state index in [9.17, 15) is 15.3 Å². The average molecular weight is 429 g/mol. The van der Waals surface area contributed by atoms with Crippen molar-refractivity contribution >= 4 is 0 Å². The van der Waals surface area contributed by atoms with Crippen LogP contribution in [0.25, 0.3) is 0 Å². The number of hydrogen-bond acceptors (Lipinski definition) is 3. The smallest absolute Gasteiger partial charge is 0.116 e. The van der Waals surface area contributed by atoms with E-state index in [0.29, 0.717) is 37.0 Å². The Hall–Kier alpha value is -0.120. The lowest BCUT2D eigenvalue weighted by molar-refractivity contribution is -0.199. The maximum Gasteiger partial charge on any atom is 0.116 e. The number of aliphatic hydroxyl groups excluding tert-OH is 1. The molecule has 0 aromatic heterocycles. The Balaban J connectivity index is 5.79. The topological polar surface area (TPSA) is 60.7 Å². The maximum absolute atomic E-state index is 12.1. The minimum absolute atomic E-state index is 0.347. The molecule has 0 aromatic carbocycles. The van der Waals surface area contributed by atoms with Crippen LogP contribution in [0.15, 0.2) is 0 Å². The van der Waals surface area contributed by atoms with Crippen molar-refractivity contribution in [1.82, 2.24) is 0 Å². The molecule has 0 fully saturated rings. The Morgan fingerprint density at radius 2 is 0.833 bits per heavy atom. The summed E-state index contributed by atoms with van der Waals surface area (Å²) in [5, 5.41) is 34.3. The summed E-state index contributed by atoms with van der Waals surface area (Å²) in [5.74, 6) is 1.14. The van der Waals surface area contributed by atoms with E-state index in [2.05, 4.69) is 41.5 Å². The fourth-order valence-corrected chi connectivity index (χ4v) is 5.13. The van der Waals surface area contributed by atoms with Gasteiger partial charge in [0.25, 0.3) is 0 Å². The molecule has 0 aliphatic rings. The highest BCUT2D eigenvalue weighted by Gasteiger charge is 2.50. The van der Waals surface area contributed by atoms with E-state index in [-0.39, 0.29) is 6.61 Å². The van der Waals surface area contributed by atoms with Crippen molar-refractivity contribution in [2.45, 2.75) is 149 Å². The maximum atomic E-state index is 12.1. The molecule has 0 aromatic rings. The van der Waals surface area contributed by atoms with Crippen molar-refractivity contribution in [1.29, 1.82) is 0 Å². The summed E-state index contributed by atoms with van der Waals surface area (Å²) >= 11 is 0. The van der Waals surface area contributed by atoms with E-state index in [0.717, 1.165) is 77.0 Å². The largest absolute Gasteiger partial charge is 0.393 e. The van der Waals surface area contributed by atoms with Gasteiger partial charge in [0.15, 0.2) is 0 Å². The molecule has 4 unspecified atom stereocenters. The normalized spacial score (nSPS) is 19.1. The molecule has 0 radical (unpaired) electrons. The van der Waals surface area contributed by atoms with Gasteiger partial charge in [-0.2, -0.15) is 0 Å². The van der Waals surface area contributed by atoms with Gasteiger partial charge < -0.3 is 15.3 Å². The molecule has 4 atom stereocenters. The SMILES string of the molecule is CCCCC(CC)CC(O)(CO)C(O)(CC(CC)CCCC)CC(CC)CCCC. The molecule has 0 aliphatic heterocycles. The van der Waals surface area contributed by atoms with Crippen LogP contribution in [0, 0.1) is 17.8 Å². The second-order valence-electron chi connectivity index (χ2n) is 10.1. The highest BCUT2D eigenvalue weighted by molar-refractivity contribution is 5.02. The first-order chi connectivity index (χ1) is 14.3. The predicted molar refractivity (Wildman–Crippen MR) is 131 cm³/mol. The molecule has 0 saturated carbocycles. The lowest BCUT2D eigenvalue weighted by Gasteiger charge is -2.47. The second-order valence-corrected chi connectivity index (χ2v) is 10.1. The first-order valence-corrected chi connectivity index (χ1v) is 13.3. The number of unbranched alkanes of at least 4 members (excludes halogenated alkanes) is 3. The third kappa shape index (κ3) is 10.0. The van der Waals surface area contributed by atoms with E-state index >= 15 is 0 Å². The first-order valence-electron chi connectivity index (χ1n) is 13.3. The van der Waals surface area contributed by atoms with Gasteiger partial charge in [-0.1, -0.05) is 119 Å². The molecule has 0 heterocycles. The molecule has 3 N–H and O–H groups in total. The summed E-state index contributed by atoms with van der Waals surface area (Å²) in [4.78, 5) is 0. The van der Waals surface area contributed by atoms with Crippen LogP contribution in [-0.4, -0.2) is 33.1 Å². The van der Waals surface area contributed by atoms with Gasteiger partial charge in [-0.3, -0.25) is 0 Å². The summed E-state index contributed by atoms with van der Waals surface area (Å²) in [6.07, 6.45) is 14.9. The fraction of sp³-hybridized carbons (Fsp3) is 1.00. The third-order valence-electron chi connectivity index (χ3n) is 7.64. The van der Waals surface area contributed by atoms with Crippen molar-refractivity contribution in [3.8, 4) is 0 Å². The number of aliphatic hydroxyl groups is 3. The Morgan fingerprint density at radius 1 is 0.533 bits per heavy atom. The monoisotopic (exact) mass is 428 g/mol. The van der Waals surface area contributed by atoms with Crippen molar-refractivity contribution in [3.05, 3.63) is 0 Å². The van der Waals surface area contributed by atoms with Crippen molar-refractivity contribution < 1.29 is 15.3 Å². The zero-order valence-electron chi connectivity index (χ0n) is 21.4. The highest BCUT2D eigenvalue weighted by Crippen LogP contribution is 2.43. The molecule has 0 spiro atoms. The van der Waals surface area contributed by atoms with Crippen LogP contribution in [0.4, 0.5) is 0 Å². The van der Waals surface area contributed by atoms with Crippen LogP contribution in [0.2, 0.25) is 0 Å². The minimum Gasteiger partial charge on any atom is -0.393 e. The van der Waals surface area contributed by atoms with E-state index in [1.165, 1.54) is 0 Å². The van der Waals surface area contributed by atoms with E-state index in [1.54, 1.807) is 0 Å². The van der Waals surface area contributed by atoms with Crippen LogP contribution >= 0.6 is 0 Å². The van der Waals surface area contributed by atoms with Gasteiger partial charge in [0.05, 0.1) is 12.2 Å². The van der Waals surface area contributed by atoms with Gasteiger partial charge in [-0.05, 0) is 37.0 Å². The Labute approximate surface area is 189 Å². The molecular weight excluding hydrogens is 372 g/mol. The summed E-state index contributed by atoms with van der Waals surface area (Å²) in [7, 11) is 0. The molecule has 3 nitrogen and oxygen atoms in total. The van der Waals surface area contributed by atoms with Crippen molar-refractivity contribution in [3.63, 3.8) is 0 Å². The molecule has 30 heavy (non-hydrogen) atoms. The second kappa shape index (κ2) is 16.5. The summed E-state index contributed by atoms with van der Waals surface area (Å²) < 4.78 is 0. The zero-order chi connectivity index (χ0) is 23.0. The van der Waals surface area contributed by atoms with Gasteiger partial charge in [0.2, 0.25) is 0 Å². The van der Waals surface area contributed by atoms with Crippen molar-refractivity contribution in [2.24, 2.45) is 17.8 Å². The average Bonchev–Trinajstić information content (AvgIpc) is 2.76. The van der Waals surface area contributed by atoms with Gasteiger partial charge in [0, 0.05) is 0 Å². The van der Waals surface area contributed by atoms with E-state index in [4.69, 9.17) is 0 Å². The van der Waals surface area contributed by atoms with Gasteiger partial charge in [0.1, 0.15) is 5.60 Å². The van der Waals surface area contributed by atoms with E-state index < -0.39 is 11.2 Å². The molecule has 0 saturated heterocycles. The van der Waals surface area contributed by atoms with Crippen LogP contribution < -0.4 is 0 Å². The summed E-state index contributed by atoms with van der Waals surface area (Å²) in [5.41, 5.74) is -2.63. The Kier molecular flexibility index (Phi) is 16.4. The number of hydrogen-bond donors (Lipinski definition) is 3. The molecule has 0 amide bonds. The van der Waals surface area contributed by atoms with Crippen LogP contribution in [0.3, 0.4) is 0 Å². The lowest BCUT2D eigenvalue weighted by atomic mass is 9.66. The van der Waals surface area contributed by atoms with Gasteiger partial charge in [-0.25, -0.2) is 0 Å². The third-order valence-corrected chi connectivity index (χ3v) is 7.64. The van der Waals surface area contributed by atoms with Crippen LogP contribution in [0.5, 0.6) is 0 Å². The van der Waals surface area contributed by atoms with Gasteiger partial charge in [-0.15, -0.1) is 0 Å². The molecule has 0 bridgehead atoms. The molecular formula is C27H56O3. The first kappa shape index (κ1) is 29.9. The summed E-state index contributed by atoms with van der Waals surface area (Å²) in [6.45, 7) is 12.8. The zero-order valence-corrected chi connectivity index (χ0v) is 21.4. The van der Waals surface area contributed by atoms with Gasteiger partial charge >= 0.3 is 0 Å². The van der Waals surface area contributed by atoms with Crippen LogP contribution in [0.1, 0.15) is 138 Å². The lowest BCUT2D eigenvalue weighted by Crippen LogP contribution is -2.59. The highest BCUT2D eigenvalue weighted by atomic mass is 16.4. The van der Waals surface area contributed by atoms with Crippen LogP contribution in [-0.2, 0) is 0 Å². The number of rotatable bonds is 20. The standard InChI is InChI=1S/C27H56O3/c1-7-13-16-23(10-4)19-26(29,20-24(11-5)17-14-8-2)27(30,22-28)21-25(12-6)18-15-9-3/h23-25,28-30H,7-22H2,1-6H3. The Bertz CT molecular complexity index is 380. The predicted octanol–water partition coefficient (Wildman–Crippen LogP) is 7.26. The minimum atomic E-state index is -1.42. The quantitative estimate of drug-likeness (QED) is 0.191. The molecule has 182 valence electrons. The fourth-order valence-electron chi connectivity index (χ4n) is 5.13. The molecule has 0 rings (SSSR count). The molecule has 0 aliphatic carbocycles. The molecule has 3 heteroatoms.